The van der Waals surface area contributed by atoms with E-state index in [2.05, 4.69) is 15.6 Å². The van der Waals surface area contributed by atoms with E-state index in [1.807, 2.05) is 37.3 Å². The van der Waals surface area contributed by atoms with Crippen molar-refractivity contribution in [2.75, 3.05) is 17.7 Å². The molecule has 0 atom stereocenters. The standard InChI is InChI=1S/C20H25N3O2/c1-14-8-9-19(25-2)17(12-14)23-20(24)18-13-16(10-11-21-18)22-15-6-4-3-5-7-15/h8-13,15H,3-7H2,1-2H3,(H,21,22)(H,23,24). The number of aryl methyl sites for hydroxylation is 1. The number of carbonyl (C=O) groups excluding carboxylic acids is 1. The summed E-state index contributed by atoms with van der Waals surface area (Å²) in [4.78, 5) is 16.8. The van der Waals surface area contributed by atoms with Crippen molar-refractivity contribution >= 4 is 17.3 Å². The zero-order valence-electron chi connectivity index (χ0n) is 14.8. The van der Waals surface area contributed by atoms with E-state index in [9.17, 15) is 4.79 Å². The van der Waals surface area contributed by atoms with Crippen molar-refractivity contribution in [3.8, 4) is 5.75 Å². The Balaban J connectivity index is 1.72. The maximum Gasteiger partial charge on any atom is 0.274 e. The summed E-state index contributed by atoms with van der Waals surface area (Å²) in [6.45, 7) is 1.97. The van der Waals surface area contributed by atoms with Crippen molar-refractivity contribution in [3.05, 3.63) is 47.8 Å². The molecule has 25 heavy (non-hydrogen) atoms. The summed E-state index contributed by atoms with van der Waals surface area (Å²) >= 11 is 0. The number of aromatic nitrogens is 1. The molecule has 0 unspecified atom stereocenters. The highest BCUT2D eigenvalue weighted by Crippen LogP contribution is 2.26. The zero-order valence-corrected chi connectivity index (χ0v) is 14.8. The molecule has 0 radical (unpaired) electrons. The summed E-state index contributed by atoms with van der Waals surface area (Å²) in [6.07, 6.45) is 7.90. The molecule has 2 aromatic rings. The quantitative estimate of drug-likeness (QED) is 0.848. The molecule has 0 bridgehead atoms. The molecule has 0 spiro atoms. The third-order valence-corrected chi connectivity index (χ3v) is 4.57. The average Bonchev–Trinajstić information content (AvgIpc) is 2.63. The number of rotatable bonds is 5. The highest BCUT2D eigenvalue weighted by Gasteiger charge is 2.15. The molecule has 2 N–H and O–H groups in total. The third kappa shape index (κ3) is 4.50. The number of methoxy groups -OCH3 is 1. The van der Waals surface area contributed by atoms with Gasteiger partial charge in [-0.3, -0.25) is 9.78 Å². The lowest BCUT2D eigenvalue weighted by atomic mass is 9.95. The Kier molecular flexibility index (Phi) is 5.53. The van der Waals surface area contributed by atoms with E-state index in [0.29, 0.717) is 23.2 Å². The van der Waals surface area contributed by atoms with Gasteiger partial charge in [0.25, 0.3) is 5.91 Å². The average molecular weight is 339 g/mol. The van der Waals surface area contributed by atoms with Crippen LogP contribution in [-0.2, 0) is 0 Å². The number of nitrogens with one attached hydrogen (secondary N) is 2. The minimum Gasteiger partial charge on any atom is -0.495 e. The van der Waals surface area contributed by atoms with Gasteiger partial charge in [-0.15, -0.1) is 0 Å². The van der Waals surface area contributed by atoms with Crippen LogP contribution in [0.4, 0.5) is 11.4 Å². The van der Waals surface area contributed by atoms with Crippen LogP contribution < -0.4 is 15.4 Å². The van der Waals surface area contributed by atoms with Crippen LogP contribution in [0.5, 0.6) is 5.75 Å². The van der Waals surface area contributed by atoms with Crippen LogP contribution in [0.3, 0.4) is 0 Å². The number of hydrogen-bond acceptors (Lipinski definition) is 4. The monoisotopic (exact) mass is 339 g/mol. The first-order valence-electron chi connectivity index (χ1n) is 8.84. The van der Waals surface area contributed by atoms with Gasteiger partial charge >= 0.3 is 0 Å². The van der Waals surface area contributed by atoms with Crippen molar-refractivity contribution in [2.24, 2.45) is 0 Å². The Hall–Kier alpha value is -2.56. The van der Waals surface area contributed by atoms with Crippen LogP contribution in [0.25, 0.3) is 0 Å². The molecule has 1 saturated carbocycles. The van der Waals surface area contributed by atoms with Gasteiger partial charge in [0.1, 0.15) is 11.4 Å². The third-order valence-electron chi connectivity index (χ3n) is 4.57. The van der Waals surface area contributed by atoms with Gasteiger partial charge in [-0.1, -0.05) is 25.3 Å². The molecule has 3 rings (SSSR count). The summed E-state index contributed by atoms with van der Waals surface area (Å²) in [7, 11) is 1.59. The lowest BCUT2D eigenvalue weighted by molar-refractivity contribution is 0.102. The van der Waals surface area contributed by atoms with Gasteiger partial charge in [0.2, 0.25) is 0 Å². The van der Waals surface area contributed by atoms with Gasteiger partial charge in [-0.25, -0.2) is 0 Å². The minimum atomic E-state index is -0.240. The largest absolute Gasteiger partial charge is 0.495 e. The Morgan fingerprint density at radius 3 is 2.72 bits per heavy atom. The van der Waals surface area contributed by atoms with E-state index in [4.69, 9.17) is 4.74 Å². The Morgan fingerprint density at radius 2 is 1.96 bits per heavy atom. The molecule has 1 amide bonds. The molecule has 5 nitrogen and oxygen atoms in total. The molecule has 1 aromatic heterocycles. The van der Waals surface area contributed by atoms with Crippen molar-refractivity contribution < 1.29 is 9.53 Å². The van der Waals surface area contributed by atoms with E-state index in [-0.39, 0.29) is 5.91 Å². The summed E-state index contributed by atoms with van der Waals surface area (Å²) in [5, 5.41) is 6.42. The SMILES string of the molecule is COc1ccc(C)cc1NC(=O)c1cc(NC2CCCCC2)ccn1. The fraction of sp³-hybridized carbons (Fsp3) is 0.400. The Morgan fingerprint density at radius 1 is 1.16 bits per heavy atom. The molecule has 132 valence electrons. The van der Waals surface area contributed by atoms with Crippen LogP contribution in [0.1, 0.15) is 48.2 Å². The minimum absolute atomic E-state index is 0.240. The van der Waals surface area contributed by atoms with Crippen LogP contribution in [-0.4, -0.2) is 24.0 Å². The fourth-order valence-corrected chi connectivity index (χ4v) is 3.23. The number of amides is 1. The van der Waals surface area contributed by atoms with E-state index in [1.54, 1.807) is 13.3 Å². The molecule has 5 heteroatoms. The van der Waals surface area contributed by atoms with E-state index < -0.39 is 0 Å². The maximum atomic E-state index is 12.6. The first kappa shape index (κ1) is 17.3. The van der Waals surface area contributed by atoms with Gasteiger partial charge in [-0.2, -0.15) is 0 Å². The number of benzene rings is 1. The Bertz CT molecular complexity index is 739. The smallest absolute Gasteiger partial charge is 0.274 e. The molecule has 1 heterocycles. The van der Waals surface area contributed by atoms with Crippen LogP contribution in [0, 0.1) is 6.92 Å². The second-order valence-corrected chi connectivity index (χ2v) is 6.57. The van der Waals surface area contributed by atoms with Crippen molar-refractivity contribution in [2.45, 2.75) is 45.1 Å². The zero-order chi connectivity index (χ0) is 17.6. The molecular formula is C20H25N3O2. The number of carbonyl (C=O) groups is 1. The molecule has 0 saturated heterocycles. The predicted octanol–water partition coefficient (Wildman–Crippen LogP) is 4.40. The molecule has 1 aromatic carbocycles. The molecule has 0 aliphatic heterocycles. The highest BCUT2D eigenvalue weighted by atomic mass is 16.5. The molecule has 1 fully saturated rings. The van der Waals surface area contributed by atoms with Crippen LogP contribution in [0.15, 0.2) is 36.5 Å². The van der Waals surface area contributed by atoms with Crippen LogP contribution >= 0.6 is 0 Å². The van der Waals surface area contributed by atoms with Crippen molar-refractivity contribution in [1.29, 1.82) is 0 Å². The highest BCUT2D eigenvalue weighted by molar-refractivity contribution is 6.04. The Labute approximate surface area is 148 Å². The lowest BCUT2D eigenvalue weighted by Gasteiger charge is -2.23. The van der Waals surface area contributed by atoms with Gasteiger partial charge in [0, 0.05) is 17.9 Å². The number of anilines is 2. The number of ether oxygens (including phenoxy) is 1. The predicted molar refractivity (Wildman–Crippen MR) is 100 cm³/mol. The van der Waals surface area contributed by atoms with Gasteiger partial charge in [0.05, 0.1) is 12.8 Å². The van der Waals surface area contributed by atoms with Crippen LogP contribution in [0.2, 0.25) is 0 Å². The van der Waals surface area contributed by atoms with Crippen molar-refractivity contribution in [1.82, 2.24) is 4.98 Å². The van der Waals surface area contributed by atoms with E-state index >= 15 is 0 Å². The summed E-state index contributed by atoms with van der Waals surface area (Å²) in [5.41, 5.74) is 3.05. The van der Waals surface area contributed by atoms with Gasteiger partial charge < -0.3 is 15.4 Å². The normalized spacial score (nSPS) is 14.8. The van der Waals surface area contributed by atoms with E-state index in [1.165, 1.54) is 32.1 Å². The number of nitrogens with zero attached hydrogens (tertiary/aromatic N) is 1. The van der Waals surface area contributed by atoms with E-state index in [0.717, 1.165) is 11.3 Å². The van der Waals surface area contributed by atoms with Gasteiger partial charge in [0.15, 0.2) is 0 Å². The second-order valence-electron chi connectivity index (χ2n) is 6.57. The second kappa shape index (κ2) is 8.01. The number of hydrogen-bond donors (Lipinski definition) is 2. The molecule has 1 aliphatic rings. The lowest BCUT2D eigenvalue weighted by Crippen LogP contribution is -2.22. The molecular weight excluding hydrogens is 314 g/mol. The maximum absolute atomic E-state index is 12.6. The topological polar surface area (TPSA) is 63.2 Å². The fourth-order valence-electron chi connectivity index (χ4n) is 3.23. The first-order valence-corrected chi connectivity index (χ1v) is 8.84. The number of pyridine rings is 1. The summed E-state index contributed by atoms with van der Waals surface area (Å²) in [6, 6.07) is 9.90. The first-order chi connectivity index (χ1) is 12.2. The van der Waals surface area contributed by atoms with Gasteiger partial charge in [-0.05, 0) is 49.6 Å². The summed E-state index contributed by atoms with van der Waals surface area (Å²) < 4.78 is 5.31. The summed E-state index contributed by atoms with van der Waals surface area (Å²) in [5.74, 6) is 0.395. The molecule has 1 aliphatic carbocycles. The van der Waals surface area contributed by atoms with Crippen molar-refractivity contribution in [3.63, 3.8) is 0 Å².